The van der Waals surface area contributed by atoms with E-state index in [1.807, 2.05) is 12.1 Å². The van der Waals surface area contributed by atoms with Crippen LogP contribution >= 0.6 is 0 Å². The van der Waals surface area contributed by atoms with Crippen molar-refractivity contribution in [2.24, 2.45) is 0 Å². The topological polar surface area (TPSA) is 79.3 Å². The van der Waals surface area contributed by atoms with Crippen molar-refractivity contribution in [2.45, 2.75) is 18.5 Å². The summed E-state index contributed by atoms with van der Waals surface area (Å²) < 4.78 is 20.9. The molecule has 3 aliphatic heterocycles. The van der Waals surface area contributed by atoms with Crippen molar-refractivity contribution >= 4 is 16.7 Å². The van der Waals surface area contributed by atoms with Crippen molar-refractivity contribution in [1.29, 1.82) is 0 Å². The molecule has 33 heavy (non-hydrogen) atoms. The molecule has 3 fully saturated rings. The highest BCUT2D eigenvalue weighted by molar-refractivity contribution is 5.89. The first-order valence-electron chi connectivity index (χ1n) is 10.9. The van der Waals surface area contributed by atoms with Crippen LogP contribution in [-0.2, 0) is 0 Å². The molecule has 2 aromatic carbocycles. The fourth-order valence-electron chi connectivity index (χ4n) is 4.95. The number of ether oxygens (including phenoxy) is 1. The van der Waals surface area contributed by atoms with Gasteiger partial charge in [0.2, 0.25) is 0 Å². The van der Waals surface area contributed by atoms with Crippen LogP contribution in [0.1, 0.15) is 6.42 Å². The van der Waals surface area contributed by atoms with Gasteiger partial charge in [0.05, 0.1) is 12.6 Å². The van der Waals surface area contributed by atoms with Crippen LogP contribution in [0.5, 0.6) is 5.75 Å². The molecule has 168 valence electrons. The van der Waals surface area contributed by atoms with E-state index in [4.69, 9.17) is 4.74 Å². The summed E-state index contributed by atoms with van der Waals surface area (Å²) in [7, 11) is 3.63. The Morgan fingerprint density at radius 3 is 2.58 bits per heavy atom. The number of H-pyrrole nitrogens is 1. The summed E-state index contributed by atoms with van der Waals surface area (Å²) in [6.45, 7) is 2.08. The van der Waals surface area contributed by atoms with E-state index in [2.05, 4.69) is 44.3 Å². The molecule has 3 saturated heterocycles. The van der Waals surface area contributed by atoms with Crippen molar-refractivity contribution in [1.82, 2.24) is 24.9 Å². The number of para-hydroxylation sites is 1. The lowest BCUT2D eigenvalue weighted by atomic mass is 9.88. The average Bonchev–Trinajstić information content (AvgIpc) is 3.25. The van der Waals surface area contributed by atoms with Crippen LogP contribution in [0.2, 0.25) is 0 Å². The second-order valence-corrected chi connectivity index (χ2v) is 8.68. The van der Waals surface area contributed by atoms with Crippen LogP contribution in [0.4, 0.5) is 10.1 Å². The van der Waals surface area contributed by atoms with Crippen molar-refractivity contribution < 1.29 is 9.13 Å². The highest BCUT2D eigenvalue weighted by atomic mass is 19.1. The van der Waals surface area contributed by atoms with Gasteiger partial charge in [-0.3, -0.25) is 14.8 Å². The van der Waals surface area contributed by atoms with E-state index in [1.54, 1.807) is 6.07 Å². The number of aromatic nitrogens is 4. The Bertz CT molecular complexity index is 1400. The van der Waals surface area contributed by atoms with Crippen molar-refractivity contribution in [3.63, 3.8) is 0 Å². The highest BCUT2D eigenvalue weighted by Crippen LogP contribution is 2.34. The lowest BCUT2D eigenvalue weighted by Crippen LogP contribution is -2.67. The van der Waals surface area contributed by atoms with E-state index >= 15 is 0 Å². The number of fused-ring (bicyclic) bond motifs is 3. The maximum Gasteiger partial charge on any atom is 0.273 e. The monoisotopic (exact) mass is 446 g/mol. The number of halogens is 1. The third-order valence-corrected chi connectivity index (χ3v) is 6.89. The molecule has 1 N–H and O–H groups in total. The van der Waals surface area contributed by atoms with Gasteiger partial charge in [0.25, 0.3) is 5.56 Å². The molecule has 0 aliphatic carbocycles. The molecule has 2 atom stereocenters. The molecule has 2 aromatic heterocycles. The number of hydrogen-bond acceptors (Lipinski definition) is 6. The number of rotatable bonds is 4. The fraction of sp³-hybridized carbons (Fsp3) is 0.292. The third kappa shape index (κ3) is 3.11. The summed E-state index contributed by atoms with van der Waals surface area (Å²) in [6.07, 6.45) is 1.28. The highest BCUT2D eigenvalue weighted by Gasteiger charge is 2.42. The van der Waals surface area contributed by atoms with Gasteiger partial charge >= 0.3 is 0 Å². The van der Waals surface area contributed by atoms with Gasteiger partial charge in [-0.05, 0) is 37.7 Å². The van der Waals surface area contributed by atoms with Gasteiger partial charge in [-0.25, -0.2) is 4.39 Å². The van der Waals surface area contributed by atoms with Gasteiger partial charge in [0, 0.05) is 42.5 Å². The molecule has 2 bridgehead atoms. The molecule has 0 amide bonds. The Morgan fingerprint density at radius 1 is 1.12 bits per heavy atom. The minimum Gasteiger partial charge on any atom is -0.494 e. The van der Waals surface area contributed by atoms with E-state index < -0.39 is 11.4 Å². The fourth-order valence-corrected chi connectivity index (χ4v) is 4.95. The van der Waals surface area contributed by atoms with Gasteiger partial charge in [0.1, 0.15) is 22.6 Å². The molecule has 5 heterocycles. The van der Waals surface area contributed by atoms with E-state index in [0.717, 1.165) is 23.3 Å². The van der Waals surface area contributed by atoms with Gasteiger partial charge in [-0.1, -0.05) is 18.2 Å². The Labute approximate surface area is 189 Å². The quantitative estimate of drug-likeness (QED) is 0.519. The molecule has 0 saturated carbocycles. The molecule has 8 nitrogen and oxygen atoms in total. The van der Waals surface area contributed by atoms with Gasteiger partial charge in [-0.15, -0.1) is 0 Å². The predicted octanol–water partition coefficient (Wildman–Crippen LogP) is 2.82. The van der Waals surface area contributed by atoms with Crippen molar-refractivity contribution in [3.8, 4) is 22.7 Å². The molecule has 3 aliphatic rings. The zero-order chi connectivity index (χ0) is 22.7. The van der Waals surface area contributed by atoms with E-state index in [9.17, 15) is 9.18 Å². The zero-order valence-corrected chi connectivity index (χ0v) is 18.3. The first-order chi connectivity index (χ1) is 16.0. The first kappa shape index (κ1) is 19.9. The molecule has 2 unspecified atom stereocenters. The number of likely N-dealkylation sites (N-methyl/N-ethyl adjacent to an activating group) is 1. The van der Waals surface area contributed by atoms with Crippen LogP contribution in [0.15, 0.2) is 53.3 Å². The van der Waals surface area contributed by atoms with Crippen LogP contribution in [0, 0.1) is 5.82 Å². The summed E-state index contributed by atoms with van der Waals surface area (Å²) in [5, 5.41) is 11.7. The maximum atomic E-state index is 14.6. The lowest BCUT2D eigenvalue weighted by molar-refractivity contribution is 0.0264. The molecule has 0 radical (unpaired) electrons. The largest absolute Gasteiger partial charge is 0.494 e. The zero-order valence-electron chi connectivity index (χ0n) is 18.3. The summed E-state index contributed by atoms with van der Waals surface area (Å²) in [5.74, 6) is -0.369. The Hall–Kier alpha value is -3.72. The molecule has 0 spiro atoms. The van der Waals surface area contributed by atoms with Crippen molar-refractivity contribution in [3.05, 3.63) is 64.7 Å². The summed E-state index contributed by atoms with van der Waals surface area (Å²) in [6, 6.07) is 15.2. The summed E-state index contributed by atoms with van der Waals surface area (Å²) in [5.41, 5.74) is 3.11. The molecule has 4 aromatic rings. The number of nitrogens with one attached hydrogen (secondary N) is 1. The van der Waals surface area contributed by atoms with E-state index in [1.165, 1.54) is 37.4 Å². The number of hydrogen-bond donors (Lipinski definition) is 1. The van der Waals surface area contributed by atoms with Crippen LogP contribution in [0.3, 0.4) is 0 Å². The summed E-state index contributed by atoms with van der Waals surface area (Å²) >= 11 is 0. The van der Waals surface area contributed by atoms with Crippen molar-refractivity contribution in [2.75, 3.05) is 32.1 Å². The second kappa shape index (κ2) is 7.41. The number of anilines is 1. The van der Waals surface area contributed by atoms with Gasteiger partial charge in [-0.2, -0.15) is 14.9 Å². The number of piperazine rings is 1. The van der Waals surface area contributed by atoms with E-state index in [0.29, 0.717) is 28.8 Å². The smallest absolute Gasteiger partial charge is 0.273 e. The van der Waals surface area contributed by atoms with Crippen LogP contribution in [0.25, 0.3) is 28.0 Å². The predicted molar refractivity (Wildman–Crippen MR) is 124 cm³/mol. The molecular formula is C24H23FN6O2. The molecule has 7 rings (SSSR count). The second-order valence-electron chi connectivity index (χ2n) is 8.68. The maximum absolute atomic E-state index is 14.6. The van der Waals surface area contributed by atoms with Crippen LogP contribution in [-0.4, -0.2) is 64.2 Å². The summed E-state index contributed by atoms with van der Waals surface area (Å²) in [4.78, 5) is 17.6. The average molecular weight is 446 g/mol. The number of aromatic amines is 1. The lowest BCUT2D eigenvalue weighted by Gasteiger charge is -2.55. The van der Waals surface area contributed by atoms with E-state index in [-0.39, 0.29) is 11.4 Å². The van der Waals surface area contributed by atoms with Gasteiger partial charge < -0.3 is 9.64 Å². The minimum absolute atomic E-state index is 0.0250. The molecular weight excluding hydrogens is 423 g/mol. The SMILES string of the molecule is COc1cccc(F)c1-n1nc2c(-c3ccc(N4CC5CC(C4)N5C)cc3)n[nH]c2cc1=O. The minimum atomic E-state index is -0.595. The van der Waals surface area contributed by atoms with Gasteiger partial charge in [0.15, 0.2) is 5.82 Å². The third-order valence-electron chi connectivity index (χ3n) is 6.89. The first-order valence-corrected chi connectivity index (χ1v) is 10.9. The Balaban J connectivity index is 1.38. The Kier molecular flexibility index (Phi) is 4.48. The Morgan fingerprint density at radius 2 is 1.88 bits per heavy atom. The number of nitrogens with zero attached hydrogens (tertiary/aromatic N) is 5. The standard InChI is InChI=1S/C24H23FN6O2/c1-29-16-10-17(29)13-30(12-16)15-8-6-14(7-9-15)22-23-19(26-27-22)11-21(32)31(28-23)24-18(25)4-3-5-20(24)33-2/h3-9,11,16-17,26H,10,12-13H2,1-2H3. The number of benzene rings is 2. The van der Waals surface area contributed by atoms with Crippen LogP contribution < -0.4 is 15.2 Å². The number of piperidine rings is 1. The number of methoxy groups -OCH3 is 1. The normalized spacial score (nSPS) is 20.2. The molecule has 9 heteroatoms.